The fourth-order valence-electron chi connectivity index (χ4n) is 2.78. The maximum absolute atomic E-state index is 12.4. The van der Waals surface area contributed by atoms with E-state index in [4.69, 9.17) is 0 Å². The lowest BCUT2D eigenvalue weighted by molar-refractivity contribution is 0.336. The van der Waals surface area contributed by atoms with Crippen LogP contribution < -0.4 is 10.9 Å². The third kappa shape index (κ3) is 2.94. The first-order valence-corrected chi connectivity index (χ1v) is 7.89. The van der Waals surface area contributed by atoms with Crippen LogP contribution in [-0.2, 0) is 6.54 Å². The number of aryl methyl sites for hydroxylation is 1. The van der Waals surface area contributed by atoms with Crippen LogP contribution in [0.25, 0.3) is 10.9 Å². The number of rotatable bonds is 3. The SMILES string of the molecule is O=c1c2cc(Br)ccc2ncn1CCC1CCNCC1. The number of benzene rings is 1. The van der Waals surface area contributed by atoms with Crippen molar-refractivity contribution in [1.82, 2.24) is 14.9 Å². The van der Waals surface area contributed by atoms with E-state index in [0.29, 0.717) is 5.39 Å². The predicted molar refractivity (Wildman–Crippen MR) is 83.9 cm³/mol. The number of aromatic nitrogens is 2. The molecule has 0 radical (unpaired) electrons. The molecule has 1 aliphatic rings. The predicted octanol–water partition coefficient (Wildman–Crippen LogP) is 2.55. The standard InChI is InChI=1S/C15H18BrN3O/c16-12-1-2-14-13(9-12)15(20)19(10-18-14)8-5-11-3-6-17-7-4-11/h1-2,9-11,17H,3-8H2. The molecule has 2 heterocycles. The van der Waals surface area contributed by atoms with E-state index in [-0.39, 0.29) is 5.56 Å². The van der Waals surface area contributed by atoms with Crippen molar-refractivity contribution in [3.05, 3.63) is 39.4 Å². The van der Waals surface area contributed by atoms with E-state index in [1.165, 1.54) is 12.8 Å². The van der Waals surface area contributed by atoms with E-state index in [1.54, 1.807) is 10.9 Å². The molecule has 2 aromatic rings. The number of fused-ring (bicyclic) bond motifs is 1. The molecule has 1 fully saturated rings. The molecule has 3 rings (SSSR count). The molecule has 106 valence electrons. The Morgan fingerprint density at radius 1 is 1.35 bits per heavy atom. The third-order valence-corrected chi connectivity index (χ3v) is 4.52. The molecule has 5 heteroatoms. The van der Waals surface area contributed by atoms with Crippen molar-refractivity contribution < 1.29 is 0 Å². The van der Waals surface area contributed by atoms with Crippen molar-refractivity contribution in [2.24, 2.45) is 5.92 Å². The second-order valence-electron chi connectivity index (χ2n) is 5.39. The number of nitrogens with zero attached hydrogens (tertiary/aromatic N) is 2. The molecule has 1 N–H and O–H groups in total. The Kier molecular flexibility index (Phi) is 4.17. The molecule has 1 saturated heterocycles. The van der Waals surface area contributed by atoms with Crippen LogP contribution in [0.2, 0.25) is 0 Å². The van der Waals surface area contributed by atoms with Crippen molar-refractivity contribution in [3.8, 4) is 0 Å². The molecule has 0 spiro atoms. The summed E-state index contributed by atoms with van der Waals surface area (Å²) in [6.45, 7) is 2.96. The Morgan fingerprint density at radius 2 is 2.15 bits per heavy atom. The smallest absolute Gasteiger partial charge is 0.261 e. The van der Waals surface area contributed by atoms with Crippen LogP contribution in [0.3, 0.4) is 0 Å². The second kappa shape index (κ2) is 6.06. The quantitative estimate of drug-likeness (QED) is 0.937. The minimum absolute atomic E-state index is 0.0604. The van der Waals surface area contributed by atoms with Crippen LogP contribution in [-0.4, -0.2) is 22.6 Å². The summed E-state index contributed by atoms with van der Waals surface area (Å²) in [5.74, 6) is 0.723. The van der Waals surface area contributed by atoms with Gasteiger partial charge in [-0.2, -0.15) is 0 Å². The van der Waals surface area contributed by atoms with Crippen molar-refractivity contribution in [2.45, 2.75) is 25.8 Å². The molecule has 20 heavy (non-hydrogen) atoms. The van der Waals surface area contributed by atoms with Crippen LogP contribution >= 0.6 is 15.9 Å². The molecule has 1 aromatic carbocycles. The molecular weight excluding hydrogens is 318 g/mol. The Labute approximate surface area is 126 Å². The molecule has 0 bridgehead atoms. The summed E-state index contributed by atoms with van der Waals surface area (Å²) in [5.41, 5.74) is 0.821. The number of piperidine rings is 1. The lowest BCUT2D eigenvalue weighted by Gasteiger charge is -2.22. The molecule has 0 saturated carbocycles. The van der Waals surface area contributed by atoms with E-state index in [0.717, 1.165) is 42.0 Å². The zero-order chi connectivity index (χ0) is 13.9. The van der Waals surface area contributed by atoms with Gasteiger partial charge in [0.25, 0.3) is 5.56 Å². The lowest BCUT2D eigenvalue weighted by atomic mass is 9.95. The highest BCUT2D eigenvalue weighted by Crippen LogP contribution is 2.17. The van der Waals surface area contributed by atoms with Crippen LogP contribution in [0.1, 0.15) is 19.3 Å². The second-order valence-corrected chi connectivity index (χ2v) is 6.30. The molecule has 0 unspecified atom stereocenters. The first-order chi connectivity index (χ1) is 9.74. The first kappa shape index (κ1) is 13.8. The molecule has 0 atom stereocenters. The Balaban J connectivity index is 1.81. The molecule has 1 aromatic heterocycles. The summed E-state index contributed by atoms with van der Waals surface area (Å²) in [7, 11) is 0. The van der Waals surface area contributed by atoms with E-state index in [9.17, 15) is 4.79 Å². The maximum Gasteiger partial charge on any atom is 0.261 e. The van der Waals surface area contributed by atoms with Gasteiger partial charge in [0.05, 0.1) is 17.2 Å². The fraction of sp³-hybridized carbons (Fsp3) is 0.467. The van der Waals surface area contributed by atoms with Gasteiger partial charge in [0.2, 0.25) is 0 Å². The van der Waals surface area contributed by atoms with Gasteiger partial charge in [-0.05, 0) is 56.5 Å². The Morgan fingerprint density at radius 3 is 2.95 bits per heavy atom. The van der Waals surface area contributed by atoms with Gasteiger partial charge in [0, 0.05) is 11.0 Å². The minimum atomic E-state index is 0.0604. The summed E-state index contributed by atoms with van der Waals surface area (Å²) in [6.07, 6.45) is 5.16. The van der Waals surface area contributed by atoms with Crippen molar-refractivity contribution in [3.63, 3.8) is 0 Å². The monoisotopic (exact) mass is 335 g/mol. The fourth-order valence-corrected chi connectivity index (χ4v) is 3.14. The van der Waals surface area contributed by atoms with Crippen molar-refractivity contribution >= 4 is 26.8 Å². The summed E-state index contributed by atoms with van der Waals surface area (Å²) in [6, 6.07) is 5.64. The van der Waals surface area contributed by atoms with Gasteiger partial charge < -0.3 is 5.32 Å². The van der Waals surface area contributed by atoms with Gasteiger partial charge in [-0.1, -0.05) is 15.9 Å². The largest absolute Gasteiger partial charge is 0.317 e. The molecule has 1 aliphatic heterocycles. The third-order valence-electron chi connectivity index (χ3n) is 4.02. The van der Waals surface area contributed by atoms with Crippen LogP contribution in [0.15, 0.2) is 33.8 Å². The van der Waals surface area contributed by atoms with Crippen LogP contribution in [0.4, 0.5) is 0 Å². The highest BCUT2D eigenvalue weighted by Gasteiger charge is 2.13. The summed E-state index contributed by atoms with van der Waals surface area (Å²) < 4.78 is 2.66. The molecule has 0 amide bonds. The normalized spacial score (nSPS) is 16.6. The molecule has 4 nitrogen and oxygen atoms in total. The van der Waals surface area contributed by atoms with Gasteiger partial charge in [0.1, 0.15) is 0 Å². The summed E-state index contributed by atoms with van der Waals surface area (Å²) in [5, 5.41) is 4.06. The van der Waals surface area contributed by atoms with E-state index in [2.05, 4.69) is 26.2 Å². The Hall–Kier alpha value is -1.20. The van der Waals surface area contributed by atoms with Gasteiger partial charge in [0.15, 0.2) is 0 Å². The highest BCUT2D eigenvalue weighted by molar-refractivity contribution is 9.10. The van der Waals surface area contributed by atoms with Gasteiger partial charge in [-0.15, -0.1) is 0 Å². The van der Waals surface area contributed by atoms with E-state index in [1.807, 2.05) is 18.2 Å². The van der Waals surface area contributed by atoms with Gasteiger partial charge >= 0.3 is 0 Å². The average Bonchev–Trinajstić information content (AvgIpc) is 2.48. The first-order valence-electron chi connectivity index (χ1n) is 7.09. The van der Waals surface area contributed by atoms with E-state index >= 15 is 0 Å². The number of hydrogen-bond acceptors (Lipinski definition) is 3. The van der Waals surface area contributed by atoms with Crippen LogP contribution in [0, 0.1) is 5.92 Å². The molecule has 0 aliphatic carbocycles. The topological polar surface area (TPSA) is 46.9 Å². The van der Waals surface area contributed by atoms with Crippen molar-refractivity contribution in [1.29, 1.82) is 0 Å². The minimum Gasteiger partial charge on any atom is -0.317 e. The maximum atomic E-state index is 12.4. The van der Waals surface area contributed by atoms with Gasteiger partial charge in [-0.3, -0.25) is 9.36 Å². The Bertz CT molecular complexity index is 662. The van der Waals surface area contributed by atoms with Crippen LogP contribution in [0.5, 0.6) is 0 Å². The lowest BCUT2D eigenvalue weighted by Crippen LogP contribution is -2.29. The zero-order valence-electron chi connectivity index (χ0n) is 11.3. The summed E-state index contributed by atoms with van der Waals surface area (Å²) in [4.78, 5) is 16.8. The summed E-state index contributed by atoms with van der Waals surface area (Å²) >= 11 is 3.41. The molecular formula is C15H18BrN3O. The number of halogens is 1. The number of nitrogens with one attached hydrogen (secondary N) is 1. The van der Waals surface area contributed by atoms with Crippen molar-refractivity contribution in [2.75, 3.05) is 13.1 Å². The zero-order valence-corrected chi connectivity index (χ0v) is 12.9. The highest BCUT2D eigenvalue weighted by atomic mass is 79.9. The number of hydrogen-bond donors (Lipinski definition) is 1. The average molecular weight is 336 g/mol. The van der Waals surface area contributed by atoms with E-state index < -0.39 is 0 Å². The van der Waals surface area contributed by atoms with Gasteiger partial charge in [-0.25, -0.2) is 4.98 Å².